The monoisotopic (exact) mass is 238 g/mol. The van der Waals surface area contributed by atoms with Gasteiger partial charge in [-0.1, -0.05) is 25.5 Å². The van der Waals surface area contributed by atoms with Gasteiger partial charge in [-0.15, -0.1) is 0 Å². The average Bonchev–Trinajstić information content (AvgIpc) is 2.36. The van der Waals surface area contributed by atoms with Gasteiger partial charge in [-0.05, 0) is 55.6 Å². The molecule has 0 nitrogen and oxygen atoms in total. The lowest BCUT2D eigenvalue weighted by Crippen LogP contribution is -2.14. The molecule has 0 aromatic heterocycles. The summed E-state index contributed by atoms with van der Waals surface area (Å²) in [5, 5.41) is 0. The van der Waals surface area contributed by atoms with Crippen LogP contribution in [-0.2, 0) is 0 Å². The highest BCUT2D eigenvalue weighted by Gasteiger charge is 2.24. The molecule has 1 aromatic rings. The van der Waals surface area contributed by atoms with Crippen LogP contribution in [-0.4, -0.2) is 0 Å². The first kappa shape index (κ1) is 12.5. The quantitative estimate of drug-likeness (QED) is 0.683. The molecule has 1 aliphatic carbocycles. The van der Waals surface area contributed by atoms with E-state index in [1.807, 2.05) is 0 Å². The van der Waals surface area contributed by atoms with Crippen LogP contribution in [0.25, 0.3) is 0 Å². The number of rotatable bonds is 2. The Morgan fingerprint density at radius 2 is 1.71 bits per heavy atom. The summed E-state index contributed by atoms with van der Waals surface area (Å²) in [6.45, 7) is 3.81. The predicted molar refractivity (Wildman–Crippen MR) is 66.1 cm³/mol. The van der Waals surface area contributed by atoms with Crippen molar-refractivity contribution in [2.75, 3.05) is 0 Å². The SMILES string of the molecule is CCC1CCC(c2ccc(C)c(F)c2F)CC1. The standard InChI is InChI=1S/C15H20F2/c1-3-11-5-7-12(8-6-11)13-9-4-10(2)14(16)15(13)17/h4,9,11-12H,3,5-8H2,1-2H3. The van der Waals surface area contributed by atoms with E-state index in [1.165, 1.54) is 6.42 Å². The van der Waals surface area contributed by atoms with E-state index in [0.717, 1.165) is 31.6 Å². The Morgan fingerprint density at radius 1 is 1.06 bits per heavy atom. The third-order valence-electron chi connectivity index (χ3n) is 4.17. The van der Waals surface area contributed by atoms with E-state index in [0.29, 0.717) is 11.1 Å². The zero-order chi connectivity index (χ0) is 12.4. The summed E-state index contributed by atoms with van der Waals surface area (Å²) in [4.78, 5) is 0. The molecule has 1 aliphatic rings. The average molecular weight is 238 g/mol. The minimum atomic E-state index is -0.667. The van der Waals surface area contributed by atoms with Crippen molar-refractivity contribution in [1.82, 2.24) is 0 Å². The van der Waals surface area contributed by atoms with E-state index in [2.05, 4.69) is 6.92 Å². The lowest BCUT2D eigenvalue weighted by molar-refractivity contribution is 0.312. The number of halogens is 2. The molecule has 1 fully saturated rings. The van der Waals surface area contributed by atoms with Gasteiger partial charge in [-0.3, -0.25) is 0 Å². The molecule has 1 aromatic carbocycles. The molecule has 0 heterocycles. The summed E-state index contributed by atoms with van der Waals surface area (Å²) in [7, 11) is 0. The smallest absolute Gasteiger partial charge is 0.162 e. The van der Waals surface area contributed by atoms with Gasteiger partial charge in [0.2, 0.25) is 0 Å². The maximum Gasteiger partial charge on any atom is 0.162 e. The number of benzene rings is 1. The third kappa shape index (κ3) is 2.51. The maximum atomic E-state index is 13.9. The van der Waals surface area contributed by atoms with Crippen molar-refractivity contribution in [3.8, 4) is 0 Å². The molecule has 0 atom stereocenters. The second-order valence-electron chi connectivity index (χ2n) is 5.23. The van der Waals surface area contributed by atoms with Crippen molar-refractivity contribution in [3.05, 3.63) is 34.9 Å². The second kappa shape index (κ2) is 5.16. The zero-order valence-electron chi connectivity index (χ0n) is 10.6. The normalized spacial score (nSPS) is 24.9. The summed E-state index contributed by atoms with van der Waals surface area (Å²) in [6.07, 6.45) is 5.50. The van der Waals surface area contributed by atoms with Gasteiger partial charge in [0, 0.05) is 0 Å². The Bertz CT molecular complexity index is 390. The van der Waals surface area contributed by atoms with Crippen molar-refractivity contribution in [3.63, 3.8) is 0 Å². The fourth-order valence-electron chi connectivity index (χ4n) is 2.86. The highest BCUT2D eigenvalue weighted by Crippen LogP contribution is 2.38. The minimum absolute atomic E-state index is 0.216. The number of hydrogen-bond donors (Lipinski definition) is 0. The van der Waals surface area contributed by atoms with Crippen LogP contribution in [0.15, 0.2) is 12.1 Å². The highest BCUT2D eigenvalue weighted by atomic mass is 19.2. The van der Waals surface area contributed by atoms with E-state index in [-0.39, 0.29) is 5.92 Å². The molecule has 0 aliphatic heterocycles. The van der Waals surface area contributed by atoms with Crippen LogP contribution in [0.4, 0.5) is 8.78 Å². The fraction of sp³-hybridized carbons (Fsp3) is 0.600. The van der Waals surface area contributed by atoms with E-state index >= 15 is 0 Å². The van der Waals surface area contributed by atoms with Gasteiger partial charge in [-0.25, -0.2) is 8.78 Å². The second-order valence-corrected chi connectivity index (χ2v) is 5.23. The molecule has 2 heteroatoms. The van der Waals surface area contributed by atoms with Crippen LogP contribution >= 0.6 is 0 Å². The molecular formula is C15H20F2. The van der Waals surface area contributed by atoms with Gasteiger partial charge in [0.05, 0.1) is 0 Å². The number of aryl methyl sites for hydroxylation is 1. The lowest BCUT2D eigenvalue weighted by Gasteiger charge is -2.28. The molecule has 0 saturated heterocycles. The molecule has 0 N–H and O–H groups in total. The van der Waals surface area contributed by atoms with E-state index in [4.69, 9.17) is 0 Å². The van der Waals surface area contributed by atoms with Gasteiger partial charge in [0.15, 0.2) is 11.6 Å². The first-order valence-electron chi connectivity index (χ1n) is 6.58. The molecule has 0 bridgehead atoms. The van der Waals surface area contributed by atoms with Gasteiger partial charge in [-0.2, -0.15) is 0 Å². The van der Waals surface area contributed by atoms with Crippen LogP contribution in [0.1, 0.15) is 56.1 Å². The van der Waals surface area contributed by atoms with Crippen molar-refractivity contribution in [2.24, 2.45) is 5.92 Å². The summed E-state index contributed by atoms with van der Waals surface area (Å²) in [6, 6.07) is 3.46. The molecule has 94 valence electrons. The predicted octanol–water partition coefficient (Wildman–Crippen LogP) is 4.96. The molecule has 0 amide bonds. The first-order chi connectivity index (χ1) is 8.13. The summed E-state index contributed by atoms with van der Waals surface area (Å²) < 4.78 is 27.4. The number of hydrogen-bond acceptors (Lipinski definition) is 0. The molecule has 0 unspecified atom stereocenters. The van der Waals surface area contributed by atoms with Crippen LogP contribution in [0.3, 0.4) is 0 Å². The van der Waals surface area contributed by atoms with Crippen molar-refractivity contribution in [2.45, 2.75) is 51.9 Å². The van der Waals surface area contributed by atoms with Crippen molar-refractivity contribution < 1.29 is 8.78 Å². The topological polar surface area (TPSA) is 0 Å². The summed E-state index contributed by atoms with van der Waals surface area (Å²) in [5.41, 5.74) is 0.983. The Kier molecular flexibility index (Phi) is 3.80. The fourth-order valence-corrected chi connectivity index (χ4v) is 2.86. The largest absolute Gasteiger partial charge is 0.203 e. The molecule has 2 rings (SSSR count). The van der Waals surface area contributed by atoms with Crippen LogP contribution < -0.4 is 0 Å². The molecule has 0 radical (unpaired) electrons. The molecule has 1 saturated carbocycles. The van der Waals surface area contributed by atoms with E-state index < -0.39 is 11.6 Å². The molecule has 0 spiro atoms. The van der Waals surface area contributed by atoms with Gasteiger partial charge in [0.25, 0.3) is 0 Å². The lowest BCUT2D eigenvalue weighted by atomic mass is 9.77. The molecular weight excluding hydrogens is 218 g/mol. The van der Waals surface area contributed by atoms with E-state index in [9.17, 15) is 8.78 Å². The van der Waals surface area contributed by atoms with Crippen molar-refractivity contribution in [1.29, 1.82) is 0 Å². The van der Waals surface area contributed by atoms with Crippen LogP contribution in [0, 0.1) is 24.5 Å². The Hall–Kier alpha value is -0.920. The summed E-state index contributed by atoms with van der Waals surface area (Å²) >= 11 is 0. The van der Waals surface area contributed by atoms with Gasteiger partial charge >= 0.3 is 0 Å². The maximum absolute atomic E-state index is 13.9. The summed E-state index contributed by atoms with van der Waals surface area (Å²) in [5.74, 6) is -0.289. The Labute approximate surface area is 102 Å². The first-order valence-corrected chi connectivity index (χ1v) is 6.58. The highest BCUT2D eigenvalue weighted by molar-refractivity contribution is 5.28. The Balaban J connectivity index is 2.16. The third-order valence-corrected chi connectivity index (χ3v) is 4.17. The zero-order valence-corrected chi connectivity index (χ0v) is 10.6. The van der Waals surface area contributed by atoms with Crippen molar-refractivity contribution >= 4 is 0 Å². The van der Waals surface area contributed by atoms with E-state index in [1.54, 1.807) is 19.1 Å². The van der Waals surface area contributed by atoms with Crippen LogP contribution in [0.5, 0.6) is 0 Å². The van der Waals surface area contributed by atoms with Crippen LogP contribution in [0.2, 0.25) is 0 Å². The minimum Gasteiger partial charge on any atom is -0.203 e. The van der Waals surface area contributed by atoms with Gasteiger partial charge in [0.1, 0.15) is 0 Å². The van der Waals surface area contributed by atoms with Gasteiger partial charge < -0.3 is 0 Å². The molecule has 17 heavy (non-hydrogen) atoms. The Morgan fingerprint density at radius 3 is 2.29 bits per heavy atom.